The fourth-order valence-corrected chi connectivity index (χ4v) is 7.77. The number of carbonyl (C=O) groups is 2. The molecule has 49 heavy (non-hydrogen) atoms. The first-order valence-corrected chi connectivity index (χ1v) is 19.9. The standard InChI is InChI=1S/C33H44N2O4S.C4H8ClNO.CH3Cl/c1-5-9-24-11-6-7-12-28(24)27-20-35-19-26-14-16-29(26)31(38-4)13-8-10-22(2)23(3)40(37)34-33(36)25-15-17-32(39-21-27)30(35)18-25;1-4(7)6-3-2-5;1-2/h6-8,11-13,15,17-18,22-23,26-27,29,31H,5,9-10,14,16,19-21H2,1-4H3,(H,34,36);2-3H2,1H3,(H,6,7);1H3/b13-8+;;. The molecule has 2 heterocycles. The van der Waals surface area contributed by atoms with Crippen molar-refractivity contribution < 1.29 is 23.3 Å². The monoisotopic (exact) mass is 735 g/mol. The summed E-state index contributed by atoms with van der Waals surface area (Å²) < 4.78 is 28.3. The summed E-state index contributed by atoms with van der Waals surface area (Å²) in [7, 11) is 0.317. The minimum absolute atomic E-state index is 0.0272. The molecule has 2 N–H and O–H groups in total. The fraction of sp³-hybridized carbons (Fsp3) is 0.579. The van der Waals surface area contributed by atoms with Crippen LogP contribution in [0, 0.1) is 17.8 Å². The van der Waals surface area contributed by atoms with Crippen LogP contribution in [0.3, 0.4) is 0 Å². The van der Waals surface area contributed by atoms with Crippen molar-refractivity contribution in [2.75, 3.05) is 50.5 Å². The lowest BCUT2D eigenvalue weighted by Crippen LogP contribution is -2.44. The molecule has 2 aromatic carbocycles. The number of aryl methyl sites for hydroxylation is 1. The lowest BCUT2D eigenvalue weighted by molar-refractivity contribution is -0.118. The minimum atomic E-state index is -1.49. The molecule has 2 aliphatic heterocycles. The van der Waals surface area contributed by atoms with Crippen molar-refractivity contribution in [1.29, 1.82) is 0 Å². The molecule has 272 valence electrons. The normalized spacial score (nSPS) is 27.1. The van der Waals surface area contributed by atoms with E-state index in [1.165, 1.54) is 24.4 Å². The summed E-state index contributed by atoms with van der Waals surface area (Å²) in [4.78, 5) is 25.7. The second-order valence-electron chi connectivity index (χ2n) is 13.0. The van der Waals surface area contributed by atoms with Crippen LogP contribution >= 0.6 is 23.2 Å². The van der Waals surface area contributed by atoms with Crippen molar-refractivity contribution in [3.63, 3.8) is 0 Å². The number of rotatable bonds is 6. The molecule has 2 amide bonds. The van der Waals surface area contributed by atoms with E-state index in [0.717, 1.165) is 56.6 Å². The zero-order valence-corrected chi connectivity index (χ0v) is 32.2. The second kappa shape index (κ2) is 20.9. The number of nitrogens with zero attached hydrogens (tertiary/aromatic N) is 1. The molecule has 1 saturated carbocycles. The highest BCUT2D eigenvalue weighted by molar-refractivity contribution is 7.84. The summed E-state index contributed by atoms with van der Waals surface area (Å²) >= 11 is 9.87. The fourth-order valence-electron chi connectivity index (χ4n) is 6.66. The molecule has 0 spiro atoms. The average molecular weight is 737 g/mol. The van der Waals surface area contributed by atoms with Gasteiger partial charge in [0.25, 0.3) is 5.91 Å². The van der Waals surface area contributed by atoms with Crippen molar-refractivity contribution in [2.24, 2.45) is 17.8 Å². The summed E-state index contributed by atoms with van der Waals surface area (Å²) in [6.45, 7) is 10.6. The first kappa shape index (κ1) is 40.8. The number of alkyl halides is 2. The van der Waals surface area contributed by atoms with E-state index in [9.17, 15) is 13.8 Å². The number of allylic oxidation sites excluding steroid dienone is 1. The van der Waals surface area contributed by atoms with Crippen LogP contribution in [-0.4, -0.2) is 73.0 Å². The third-order valence-electron chi connectivity index (χ3n) is 9.72. The van der Waals surface area contributed by atoms with Gasteiger partial charge in [-0.2, -0.15) is 0 Å². The Balaban J connectivity index is 0.000000644. The first-order chi connectivity index (χ1) is 23.7. The number of fused-ring (bicyclic) bond motifs is 2. The Labute approximate surface area is 306 Å². The Bertz CT molecular complexity index is 1410. The number of ether oxygens (including phenoxy) is 2. The number of nitrogens with one attached hydrogen (secondary N) is 2. The maximum Gasteiger partial charge on any atom is 0.263 e. The van der Waals surface area contributed by atoms with Crippen LogP contribution in [0.2, 0.25) is 0 Å². The van der Waals surface area contributed by atoms with E-state index in [0.29, 0.717) is 36.4 Å². The number of benzene rings is 2. The van der Waals surface area contributed by atoms with Crippen molar-refractivity contribution in [3.05, 3.63) is 71.3 Å². The molecule has 2 aromatic rings. The van der Waals surface area contributed by atoms with E-state index in [2.05, 4.69) is 76.8 Å². The van der Waals surface area contributed by atoms with Crippen molar-refractivity contribution in [1.82, 2.24) is 10.0 Å². The van der Waals surface area contributed by atoms with Crippen LogP contribution in [0.15, 0.2) is 54.6 Å². The van der Waals surface area contributed by atoms with Gasteiger partial charge in [-0.05, 0) is 79.7 Å². The number of methoxy groups -OCH3 is 1. The summed E-state index contributed by atoms with van der Waals surface area (Å²) in [6, 6.07) is 14.4. The highest BCUT2D eigenvalue weighted by Gasteiger charge is 2.39. The predicted octanol–water partition coefficient (Wildman–Crippen LogP) is 7.26. The van der Waals surface area contributed by atoms with Gasteiger partial charge in [0.2, 0.25) is 5.91 Å². The summed E-state index contributed by atoms with van der Waals surface area (Å²) in [5.74, 6) is 2.25. The summed E-state index contributed by atoms with van der Waals surface area (Å²) in [5.41, 5.74) is 4.19. The Kier molecular flexibility index (Phi) is 17.4. The van der Waals surface area contributed by atoms with E-state index in [1.807, 2.05) is 19.1 Å². The lowest BCUT2D eigenvalue weighted by atomic mass is 9.70. The number of hydrogen-bond acceptors (Lipinski definition) is 6. The average Bonchev–Trinajstić information content (AvgIpc) is 3.28. The molecule has 7 atom stereocenters. The smallest absolute Gasteiger partial charge is 0.263 e. The lowest BCUT2D eigenvalue weighted by Gasteiger charge is -2.43. The third kappa shape index (κ3) is 11.5. The Hall–Kier alpha value is -2.59. The number of hydrogen-bond donors (Lipinski definition) is 2. The maximum absolute atomic E-state index is 13.3. The summed E-state index contributed by atoms with van der Waals surface area (Å²) in [6.07, 6.45) is 11.2. The molecule has 0 radical (unpaired) electrons. The number of carbonyl (C=O) groups excluding carboxylic acids is 2. The molecule has 8 nitrogen and oxygen atoms in total. The van der Waals surface area contributed by atoms with Gasteiger partial charge in [-0.1, -0.05) is 56.7 Å². The van der Waals surface area contributed by atoms with Crippen molar-refractivity contribution >= 4 is 51.7 Å². The van der Waals surface area contributed by atoms with Gasteiger partial charge >= 0.3 is 0 Å². The topological polar surface area (TPSA) is 97.0 Å². The molecule has 11 heteroatoms. The van der Waals surface area contributed by atoms with Crippen molar-refractivity contribution in [3.8, 4) is 5.75 Å². The van der Waals surface area contributed by atoms with Gasteiger partial charge in [-0.15, -0.1) is 23.2 Å². The number of anilines is 1. The van der Waals surface area contributed by atoms with Crippen molar-refractivity contribution in [2.45, 2.75) is 77.1 Å². The van der Waals surface area contributed by atoms with E-state index < -0.39 is 11.0 Å². The maximum atomic E-state index is 13.3. The van der Waals surface area contributed by atoms with E-state index in [4.69, 9.17) is 21.1 Å². The molecule has 5 rings (SSSR count). The summed E-state index contributed by atoms with van der Waals surface area (Å²) in [5, 5.41) is 2.35. The second-order valence-corrected chi connectivity index (χ2v) is 14.9. The Morgan fingerprint density at radius 1 is 1.14 bits per heavy atom. The van der Waals surface area contributed by atoms with Gasteiger partial charge in [-0.3, -0.25) is 14.3 Å². The van der Waals surface area contributed by atoms with E-state index in [-0.39, 0.29) is 35.0 Å². The van der Waals surface area contributed by atoms with Gasteiger partial charge in [0.1, 0.15) is 16.7 Å². The molecule has 1 aliphatic carbocycles. The van der Waals surface area contributed by atoms with Crippen LogP contribution in [-0.2, 0) is 26.9 Å². The Morgan fingerprint density at radius 3 is 2.53 bits per heavy atom. The van der Waals surface area contributed by atoms with Crippen LogP contribution in [0.25, 0.3) is 0 Å². The van der Waals surface area contributed by atoms with Crippen LogP contribution in [0.1, 0.15) is 80.8 Å². The molecular weight excluding hydrogens is 681 g/mol. The molecule has 2 bridgehead atoms. The quantitative estimate of drug-likeness (QED) is 0.240. The molecule has 3 aliphatic rings. The van der Waals surface area contributed by atoms with Gasteiger partial charge in [-0.25, -0.2) is 4.21 Å². The van der Waals surface area contributed by atoms with Gasteiger partial charge in [0.15, 0.2) is 0 Å². The number of halogens is 2. The Morgan fingerprint density at radius 2 is 1.90 bits per heavy atom. The van der Waals surface area contributed by atoms with Gasteiger partial charge in [0, 0.05) is 57.4 Å². The third-order valence-corrected chi connectivity index (χ3v) is 11.4. The predicted molar refractivity (Wildman–Crippen MR) is 204 cm³/mol. The first-order valence-electron chi connectivity index (χ1n) is 17.4. The van der Waals surface area contributed by atoms with Crippen LogP contribution < -0.4 is 19.7 Å². The molecule has 0 saturated heterocycles. The highest BCUT2D eigenvalue weighted by atomic mass is 35.5. The van der Waals surface area contributed by atoms with Gasteiger partial charge < -0.3 is 19.7 Å². The van der Waals surface area contributed by atoms with Gasteiger partial charge in [0.05, 0.1) is 23.6 Å². The molecule has 7 unspecified atom stereocenters. The molecular formula is C38H55Cl2N3O5S. The largest absolute Gasteiger partial charge is 0.491 e. The van der Waals surface area contributed by atoms with Crippen LogP contribution in [0.4, 0.5) is 5.69 Å². The minimum Gasteiger partial charge on any atom is -0.491 e. The molecule has 0 aromatic heterocycles. The SMILES string of the molecule is CC(=O)NCCCl.CCCc1ccccc1C1COc2ccc3cc2N(C1)CC1CCC1C(OC)/C=C/CC(C)C(C)S(=O)NC3=O.CCl. The van der Waals surface area contributed by atoms with E-state index in [1.54, 1.807) is 13.2 Å². The zero-order valence-electron chi connectivity index (χ0n) is 29.9. The van der Waals surface area contributed by atoms with E-state index >= 15 is 0 Å². The van der Waals surface area contributed by atoms with Crippen LogP contribution in [0.5, 0.6) is 5.75 Å². The number of amides is 2. The molecule has 1 fully saturated rings. The highest BCUT2D eigenvalue weighted by Crippen LogP contribution is 2.43. The zero-order chi connectivity index (χ0) is 35.9.